The Labute approximate surface area is 160 Å². The predicted octanol–water partition coefficient (Wildman–Crippen LogP) is 3.99. The van der Waals surface area contributed by atoms with Crippen LogP contribution in [0.25, 0.3) is 0 Å². The summed E-state index contributed by atoms with van der Waals surface area (Å²) in [5.41, 5.74) is 7.59. The van der Waals surface area contributed by atoms with E-state index in [4.69, 9.17) is 5.73 Å². The first-order valence-electron chi connectivity index (χ1n) is 8.36. The number of benzene rings is 1. The quantitative estimate of drug-likeness (QED) is 0.568. The highest BCUT2D eigenvalue weighted by Crippen LogP contribution is 2.25. The first-order valence-corrected chi connectivity index (χ1v) is 9.24. The van der Waals surface area contributed by atoms with Crippen molar-refractivity contribution in [3.05, 3.63) is 45.9 Å². The number of thiazole rings is 1. The van der Waals surface area contributed by atoms with Crippen LogP contribution < -0.4 is 15.8 Å². The largest absolute Gasteiger partial charge is 0.573 e. The van der Waals surface area contributed by atoms with Crippen LogP contribution >= 0.6 is 11.3 Å². The Balaban J connectivity index is 1.78. The summed E-state index contributed by atoms with van der Waals surface area (Å²) in [5.74, 6) is 0.0103. The van der Waals surface area contributed by atoms with Crippen molar-refractivity contribution in [2.75, 3.05) is 6.54 Å². The lowest BCUT2D eigenvalue weighted by atomic mass is 9.98. The number of ether oxygens (including phenoxy) is 1. The minimum atomic E-state index is -4.70. The topological polar surface area (TPSA) is 72.5 Å². The second-order valence-corrected chi connectivity index (χ2v) is 7.82. The molecule has 1 aromatic heterocycles. The molecule has 27 heavy (non-hydrogen) atoms. The summed E-state index contributed by atoms with van der Waals surface area (Å²) in [5, 5.41) is 6.15. The molecular weight excluding hydrogens is 377 g/mol. The molecule has 0 unspecified atom stereocenters. The second kappa shape index (κ2) is 8.60. The van der Waals surface area contributed by atoms with E-state index in [1.807, 2.05) is 5.38 Å². The molecule has 0 amide bonds. The number of guanidine groups is 1. The molecule has 0 atom stereocenters. The molecule has 5 nitrogen and oxygen atoms in total. The number of nitrogens with two attached hydrogens (primary N) is 1. The van der Waals surface area contributed by atoms with E-state index in [1.54, 1.807) is 11.3 Å². The molecule has 0 saturated heterocycles. The van der Waals surface area contributed by atoms with Crippen LogP contribution in [0.1, 0.15) is 37.0 Å². The molecule has 0 spiro atoms. The average Bonchev–Trinajstić information content (AvgIpc) is 3.02. The van der Waals surface area contributed by atoms with Gasteiger partial charge in [0, 0.05) is 23.8 Å². The Morgan fingerprint density at radius 2 is 1.89 bits per heavy atom. The Hall–Kier alpha value is -2.29. The highest BCUT2D eigenvalue weighted by Gasteiger charge is 2.30. The fourth-order valence-corrected chi connectivity index (χ4v) is 3.06. The molecule has 3 N–H and O–H groups in total. The van der Waals surface area contributed by atoms with Gasteiger partial charge in [-0.2, -0.15) is 0 Å². The maximum atomic E-state index is 12.1. The average molecular weight is 400 g/mol. The molecule has 0 radical (unpaired) electrons. The summed E-state index contributed by atoms with van der Waals surface area (Å²) < 4.78 is 40.2. The van der Waals surface area contributed by atoms with Gasteiger partial charge in [-0.1, -0.05) is 32.9 Å². The molecule has 9 heteroatoms. The third-order valence-electron chi connectivity index (χ3n) is 3.47. The lowest BCUT2D eigenvalue weighted by molar-refractivity contribution is -0.274. The summed E-state index contributed by atoms with van der Waals surface area (Å²) in [7, 11) is 0. The van der Waals surface area contributed by atoms with Gasteiger partial charge in [0.1, 0.15) is 5.75 Å². The molecule has 0 aliphatic rings. The van der Waals surface area contributed by atoms with Crippen LogP contribution in [0.4, 0.5) is 13.2 Å². The minimum Gasteiger partial charge on any atom is -0.406 e. The van der Waals surface area contributed by atoms with Crippen LogP contribution in [-0.4, -0.2) is 23.9 Å². The minimum absolute atomic E-state index is 0.0392. The lowest BCUT2D eigenvalue weighted by Gasteiger charge is -2.13. The van der Waals surface area contributed by atoms with Gasteiger partial charge in [-0.15, -0.1) is 24.5 Å². The maximum Gasteiger partial charge on any atom is 0.573 e. The van der Waals surface area contributed by atoms with Crippen molar-refractivity contribution in [1.29, 1.82) is 0 Å². The van der Waals surface area contributed by atoms with E-state index in [0.717, 1.165) is 22.7 Å². The fourth-order valence-electron chi connectivity index (χ4n) is 2.11. The molecule has 1 aromatic carbocycles. The van der Waals surface area contributed by atoms with Crippen molar-refractivity contribution in [3.63, 3.8) is 0 Å². The van der Waals surface area contributed by atoms with Crippen molar-refractivity contribution >= 4 is 17.3 Å². The van der Waals surface area contributed by atoms with Crippen molar-refractivity contribution in [3.8, 4) is 5.75 Å². The van der Waals surface area contributed by atoms with Gasteiger partial charge in [-0.3, -0.25) is 0 Å². The smallest absolute Gasteiger partial charge is 0.406 e. The molecule has 1 heterocycles. The molecule has 0 aliphatic carbocycles. The van der Waals surface area contributed by atoms with E-state index in [-0.39, 0.29) is 23.7 Å². The normalized spacial score (nSPS) is 12.9. The Kier molecular flexibility index (Phi) is 6.69. The Bertz CT molecular complexity index is 764. The number of rotatable bonds is 6. The highest BCUT2D eigenvalue weighted by atomic mass is 32.1. The second-order valence-electron chi connectivity index (χ2n) is 6.96. The standard InChI is InChI=1S/C18H23F3N4OS/c1-17(2,3)15-25-13(11-27-15)8-9-23-16(22)24-10-12-4-6-14(7-5-12)26-18(19,20)21/h4-7,11H,8-10H2,1-3H3,(H3,22,23,24). The van der Waals surface area contributed by atoms with E-state index >= 15 is 0 Å². The first kappa shape index (κ1) is 21.0. The number of hydrogen-bond acceptors (Lipinski definition) is 4. The number of aliphatic imine (C=N–C) groups is 1. The van der Waals surface area contributed by atoms with Crippen molar-refractivity contribution in [2.24, 2.45) is 10.7 Å². The van der Waals surface area contributed by atoms with Gasteiger partial charge in [0.05, 0.1) is 17.2 Å². The van der Waals surface area contributed by atoms with Crippen LogP contribution in [0.2, 0.25) is 0 Å². The summed E-state index contributed by atoms with van der Waals surface area (Å²) in [6, 6.07) is 5.52. The number of nitrogens with one attached hydrogen (secondary N) is 1. The van der Waals surface area contributed by atoms with Gasteiger partial charge >= 0.3 is 6.36 Å². The lowest BCUT2D eigenvalue weighted by Crippen LogP contribution is -2.33. The number of halogens is 3. The molecule has 0 saturated carbocycles. The molecular formula is C18H23F3N4OS. The molecule has 2 aromatic rings. The summed E-state index contributed by atoms with van der Waals surface area (Å²) >= 11 is 1.65. The van der Waals surface area contributed by atoms with Gasteiger partial charge in [-0.05, 0) is 17.7 Å². The van der Waals surface area contributed by atoms with E-state index in [2.05, 4.69) is 40.8 Å². The summed E-state index contributed by atoms with van der Waals surface area (Å²) in [4.78, 5) is 8.79. The van der Waals surface area contributed by atoms with Crippen LogP contribution in [0.3, 0.4) is 0 Å². The number of nitrogens with zero attached hydrogens (tertiary/aromatic N) is 2. The highest BCUT2D eigenvalue weighted by molar-refractivity contribution is 7.09. The predicted molar refractivity (Wildman–Crippen MR) is 101 cm³/mol. The van der Waals surface area contributed by atoms with Crippen molar-refractivity contribution < 1.29 is 17.9 Å². The zero-order valence-corrected chi connectivity index (χ0v) is 16.2. The van der Waals surface area contributed by atoms with Crippen LogP contribution in [0.5, 0.6) is 5.75 Å². The molecule has 0 bridgehead atoms. The summed E-state index contributed by atoms with van der Waals surface area (Å²) in [6.07, 6.45) is -3.97. The van der Waals surface area contributed by atoms with Gasteiger partial charge in [-0.25, -0.2) is 9.98 Å². The Morgan fingerprint density at radius 3 is 2.44 bits per heavy atom. The molecule has 2 rings (SSSR count). The van der Waals surface area contributed by atoms with Crippen LogP contribution in [0, 0.1) is 0 Å². The number of aromatic nitrogens is 1. The SMILES string of the molecule is CC(C)(C)c1nc(CCNC(N)=NCc2ccc(OC(F)(F)F)cc2)cs1. The van der Waals surface area contributed by atoms with Gasteiger partial charge < -0.3 is 15.8 Å². The fraction of sp³-hybridized carbons (Fsp3) is 0.444. The van der Waals surface area contributed by atoms with Gasteiger partial charge in [0.15, 0.2) is 5.96 Å². The van der Waals surface area contributed by atoms with E-state index < -0.39 is 6.36 Å². The molecule has 0 fully saturated rings. The third-order valence-corrected chi connectivity index (χ3v) is 4.79. The van der Waals surface area contributed by atoms with E-state index in [9.17, 15) is 13.2 Å². The summed E-state index contributed by atoms with van der Waals surface area (Å²) in [6.45, 7) is 7.23. The third kappa shape index (κ3) is 7.46. The zero-order chi connectivity index (χ0) is 20.1. The Morgan fingerprint density at radius 1 is 1.22 bits per heavy atom. The monoisotopic (exact) mass is 400 g/mol. The van der Waals surface area contributed by atoms with E-state index in [0.29, 0.717) is 6.54 Å². The zero-order valence-electron chi connectivity index (χ0n) is 15.4. The molecule has 0 aliphatic heterocycles. The maximum absolute atomic E-state index is 12.1. The van der Waals surface area contributed by atoms with Crippen LogP contribution in [-0.2, 0) is 18.4 Å². The first-order chi connectivity index (χ1) is 12.5. The number of alkyl halides is 3. The van der Waals surface area contributed by atoms with Crippen LogP contribution in [0.15, 0.2) is 34.6 Å². The van der Waals surface area contributed by atoms with Gasteiger partial charge in [0.25, 0.3) is 0 Å². The van der Waals surface area contributed by atoms with Gasteiger partial charge in [0.2, 0.25) is 0 Å². The van der Waals surface area contributed by atoms with E-state index in [1.165, 1.54) is 24.3 Å². The van der Waals surface area contributed by atoms with Crippen molar-refractivity contribution in [2.45, 2.75) is 45.5 Å². The molecule has 148 valence electrons. The number of hydrogen-bond donors (Lipinski definition) is 2. The van der Waals surface area contributed by atoms with Crippen molar-refractivity contribution in [1.82, 2.24) is 10.3 Å².